The number of nitrogens with one attached hydrogen (secondary N) is 1. The summed E-state index contributed by atoms with van der Waals surface area (Å²) in [6.45, 7) is 0.484. The fourth-order valence-corrected chi connectivity index (χ4v) is 2.46. The van der Waals surface area contributed by atoms with Crippen molar-refractivity contribution in [3.8, 4) is 0 Å². The highest BCUT2D eigenvalue weighted by Gasteiger charge is 2.24. The number of hydrogen-bond donors (Lipinski definition) is 1. The lowest BCUT2D eigenvalue weighted by atomic mass is 10.1. The van der Waals surface area contributed by atoms with Gasteiger partial charge in [-0.2, -0.15) is 0 Å². The molecule has 1 N–H and O–H groups in total. The van der Waals surface area contributed by atoms with Gasteiger partial charge in [-0.15, -0.1) is 0 Å². The molecule has 0 radical (unpaired) electrons. The van der Waals surface area contributed by atoms with Gasteiger partial charge in [-0.05, 0) is 23.8 Å². The standard InChI is InChI=1S/C15H12ClFN2O/c16-15-10(4-3-5-11(15)17)9-19-13-7-2-1-6-12(13)18-8-14(19)20/h1-7,18H,8-9H2. The zero-order chi connectivity index (χ0) is 14.1. The third-order valence-corrected chi connectivity index (χ3v) is 3.71. The van der Waals surface area contributed by atoms with Gasteiger partial charge in [0.25, 0.3) is 0 Å². The Hall–Kier alpha value is -2.07. The molecule has 20 heavy (non-hydrogen) atoms. The molecule has 1 amide bonds. The molecule has 0 atom stereocenters. The van der Waals surface area contributed by atoms with Crippen molar-refractivity contribution < 1.29 is 9.18 Å². The Labute approximate surface area is 121 Å². The van der Waals surface area contributed by atoms with Gasteiger partial charge in [-0.3, -0.25) is 4.79 Å². The highest BCUT2D eigenvalue weighted by atomic mass is 35.5. The van der Waals surface area contributed by atoms with Gasteiger partial charge in [-0.25, -0.2) is 4.39 Å². The van der Waals surface area contributed by atoms with Gasteiger partial charge in [0, 0.05) is 0 Å². The molecule has 1 aliphatic rings. The summed E-state index contributed by atoms with van der Waals surface area (Å²) >= 11 is 5.96. The second kappa shape index (κ2) is 5.13. The minimum atomic E-state index is -0.472. The Morgan fingerprint density at radius 1 is 1.20 bits per heavy atom. The molecule has 3 rings (SSSR count). The summed E-state index contributed by atoms with van der Waals surface area (Å²) in [5.74, 6) is -0.538. The van der Waals surface area contributed by atoms with E-state index >= 15 is 0 Å². The fraction of sp³-hybridized carbons (Fsp3) is 0.133. The van der Waals surface area contributed by atoms with E-state index in [2.05, 4.69) is 5.32 Å². The van der Waals surface area contributed by atoms with E-state index in [1.165, 1.54) is 6.07 Å². The van der Waals surface area contributed by atoms with Crippen molar-refractivity contribution >= 4 is 28.9 Å². The van der Waals surface area contributed by atoms with E-state index in [9.17, 15) is 9.18 Å². The third-order valence-electron chi connectivity index (χ3n) is 3.29. The first-order chi connectivity index (χ1) is 9.66. The monoisotopic (exact) mass is 290 g/mol. The highest BCUT2D eigenvalue weighted by Crippen LogP contribution is 2.31. The van der Waals surface area contributed by atoms with Crippen LogP contribution in [0.15, 0.2) is 42.5 Å². The predicted molar refractivity (Wildman–Crippen MR) is 77.5 cm³/mol. The normalized spacial score (nSPS) is 13.9. The summed E-state index contributed by atoms with van der Waals surface area (Å²) < 4.78 is 13.5. The molecule has 1 heterocycles. The molecule has 0 bridgehead atoms. The van der Waals surface area contributed by atoms with Crippen LogP contribution in [0.25, 0.3) is 0 Å². The van der Waals surface area contributed by atoms with Crippen LogP contribution in [0.3, 0.4) is 0 Å². The minimum absolute atomic E-state index is 0.0657. The number of carbonyl (C=O) groups excluding carboxylic acids is 1. The van der Waals surface area contributed by atoms with Crippen LogP contribution >= 0.6 is 11.6 Å². The van der Waals surface area contributed by atoms with Crippen LogP contribution in [0.5, 0.6) is 0 Å². The molecule has 2 aromatic rings. The number of benzene rings is 2. The van der Waals surface area contributed by atoms with E-state index in [0.29, 0.717) is 5.56 Å². The summed E-state index contributed by atoms with van der Waals surface area (Å²) in [6, 6.07) is 12.1. The van der Waals surface area contributed by atoms with E-state index in [0.717, 1.165) is 11.4 Å². The Morgan fingerprint density at radius 3 is 2.85 bits per heavy atom. The first kappa shape index (κ1) is 12.9. The molecule has 5 heteroatoms. The van der Waals surface area contributed by atoms with E-state index in [1.807, 2.05) is 24.3 Å². The largest absolute Gasteiger partial charge is 0.374 e. The number of para-hydroxylation sites is 2. The summed E-state index contributed by atoms with van der Waals surface area (Å²) in [6.07, 6.45) is 0. The summed E-state index contributed by atoms with van der Waals surface area (Å²) in [5.41, 5.74) is 2.26. The second-order valence-electron chi connectivity index (χ2n) is 4.56. The number of anilines is 2. The molecule has 0 fully saturated rings. The number of carbonyl (C=O) groups is 1. The first-order valence-corrected chi connectivity index (χ1v) is 6.61. The van der Waals surface area contributed by atoms with Crippen LogP contribution in [0, 0.1) is 5.82 Å². The second-order valence-corrected chi connectivity index (χ2v) is 4.94. The van der Waals surface area contributed by atoms with Crippen molar-refractivity contribution in [3.05, 3.63) is 58.9 Å². The van der Waals surface area contributed by atoms with E-state index in [4.69, 9.17) is 11.6 Å². The van der Waals surface area contributed by atoms with Crippen molar-refractivity contribution in [2.45, 2.75) is 6.54 Å². The molecule has 0 spiro atoms. The Morgan fingerprint density at radius 2 is 2.00 bits per heavy atom. The molecule has 0 saturated carbocycles. The van der Waals surface area contributed by atoms with Gasteiger partial charge in [0.1, 0.15) is 5.82 Å². The molecule has 1 aliphatic heterocycles. The topological polar surface area (TPSA) is 32.3 Å². The van der Waals surface area contributed by atoms with Crippen LogP contribution in [0.1, 0.15) is 5.56 Å². The van der Waals surface area contributed by atoms with Crippen molar-refractivity contribution in [2.75, 3.05) is 16.8 Å². The Balaban J connectivity index is 1.98. The molecular weight excluding hydrogens is 279 g/mol. The minimum Gasteiger partial charge on any atom is -0.374 e. The molecule has 0 unspecified atom stereocenters. The Kier molecular flexibility index (Phi) is 3.32. The van der Waals surface area contributed by atoms with E-state index in [-0.39, 0.29) is 24.0 Å². The van der Waals surface area contributed by atoms with Crippen molar-refractivity contribution in [3.63, 3.8) is 0 Å². The molecule has 0 aliphatic carbocycles. The highest BCUT2D eigenvalue weighted by molar-refractivity contribution is 6.31. The van der Waals surface area contributed by atoms with Crippen molar-refractivity contribution in [1.29, 1.82) is 0 Å². The summed E-state index contributed by atoms with van der Waals surface area (Å²) in [5, 5.41) is 3.12. The zero-order valence-corrected chi connectivity index (χ0v) is 11.3. The number of halogens is 2. The van der Waals surface area contributed by atoms with Crippen LogP contribution in [-0.2, 0) is 11.3 Å². The van der Waals surface area contributed by atoms with Crippen molar-refractivity contribution in [1.82, 2.24) is 0 Å². The molecule has 0 aromatic heterocycles. The Bertz CT molecular complexity index is 675. The maximum absolute atomic E-state index is 13.5. The maximum atomic E-state index is 13.5. The van der Waals surface area contributed by atoms with Crippen LogP contribution in [0.4, 0.5) is 15.8 Å². The average Bonchev–Trinajstić information content (AvgIpc) is 2.46. The smallest absolute Gasteiger partial charge is 0.246 e. The number of nitrogens with zero attached hydrogens (tertiary/aromatic N) is 1. The van der Waals surface area contributed by atoms with Gasteiger partial charge < -0.3 is 10.2 Å². The quantitative estimate of drug-likeness (QED) is 0.919. The fourth-order valence-electron chi connectivity index (χ4n) is 2.27. The van der Waals surface area contributed by atoms with Gasteiger partial charge in [0.15, 0.2) is 0 Å². The third kappa shape index (κ3) is 2.23. The number of rotatable bonds is 2. The zero-order valence-electron chi connectivity index (χ0n) is 10.6. The molecule has 0 saturated heterocycles. The molecule has 102 valence electrons. The SMILES string of the molecule is O=C1CNc2ccccc2N1Cc1cccc(F)c1Cl. The van der Waals surface area contributed by atoms with Crippen LogP contribution < -0.4 is 10.2 Å². The molecule has 3 nitrogen and oxygen atoms in total. The maximum Gasteiger partial charge on any atom is 0.246 e. The summed E-state index contributed by atoms with van der Waals surface area (Å²) in [4.78, 5) is 13.7. The van der Waals surface area contributed by atoms with Gasteiger partial charge in [0.2, 0.25) is 5.91 Å². The lowest BCUT2D eigenvalue weighted by molar-refractivity contribution is -0.117. The number of amides is 1. The van der Waals surface area contributed by atoms with Crippen molar-refractivity contribution in [2.24, 2.45) is 0 Å². The first-order valence-electron chi connectivity index (χ1n) is 6.23. The van der Waals surface area contributed by atoms with Gasteiger partial charge >= 0.3 is 0 Å². The lowest BCUT2D eigenvalue weighted by Gasteiger charge is -2.30. The van der Waals surface area contributed by atoms with E-state index < -0.39 is 5.82 Å². The summed E-state index contributed by atoms with van der Waals surface area (Å²) in [7, 11) is 0. The molecular formula is C15H12ClFN2O. The predicted octanol–water partition coefficient (Wildman–Crippen LogP) is 3.44. The van der Waals surface area contributed by atoms with Gasteiger partial charge in [-0.1, -0.05) is 35.9 Å². The van der Waals surface area contributed by atoms with E-state index in [1.54, 1.807) is 17.0 Å². The number of fused-ring (bicyclic) bond motifs is 1. The van der Waals surface area contributed by atoms with Crippen LogP contribution in [-0.4, -0.2) is 12.5 Å². The molecule has 2 aromatic carbocycles. The van der Waals surface area contributed by atoms with Crippen LogP contribution in [0.2, 0.25) is 5.02 Å². The lowest BCUT2D eigenvalue weighted by Crippen LogP contribution is -2.39. The average molecular weight is 291 g/mol. The number of hydrogen-bond acceptors (Lipinski definition) is 2. The van der Waals surface area contributed by atoms with Gasteiger partial charge in [0.05, 0.1) is 29.5 Å².